The summed E-state index contributed by atoms with van der Waals surface area (Å²) in [7, 11) is 0. The molecule has 78 valence electrons. The van der Waals surface area contributed by atoms with Gasteiger partial charge in [0.1, 0.15) is 6.61 Å². The lowest BCUT2D eigenvalue weighted by Crippen LogP contribution is -1.98. The van der Waals surface area contributed by atoms with Crippen molar-refractivity contribution in [1.29, 1.82) is 0 Å². The zero-order chi connectivity index (χ0) is 11.0. The molecule has 0 saturated carbocycles. The van der Waals surface area contributed by atoms with Crippen LogP contribution < -0.4 is 0 Å². The van der Waals surface area contributed by atoms with E-state index in [-0.39, 0.29) is 5.97 Å². The smallest absolute Gasteiger partial charge is 0.338 e. The number of benzene rings is 2. The molecule has 1 heterocycles. The lowest BCUT2D eigenvalue weighted by atomic mass is 10.0. The molecule has 2 aromatic rings. The summed E-state index contributed by atoms with van der Waals surface area (Å²) >= 11 is 0. The molecule has 1 aliphatic heterocycles. The van der Waals surface area contributed by atoms with E-state index in [2.05, 4.69) is 6.07 Å². The van der Waals surface area contributed by atoms with Gasteiger partial charge in [0, 0.05) is 0 Å². The van der Waals surface area contributed by atoms with Crippen molar-refractivity contribution in [3.05, 3.63) is 54.1 Å². The van der Waals surface area contributed by atoms with E-state index in [1.54, 1.807) is 0 Å². The molecule has 0 aromatic heterocycles. The predicted octanol–water partition coefficient (Wildman–Crippen LogP) is 2.78. The highest BCUT2D eigenvalue weighted by atomic mass is 16.5. The number of ether oxygens (including phenoxy) is 1. The molecule has 0 N–H and O–H groups in total. The van der Waals surface area contributed by atoms with E-state index in [0.29, 0.717) is 12.2 Å². The second kappa shape index (κ2) is 3.49. The molecule has 0 saturated heterocycles. The van der Waals surface area contributed by atoms with Crippen molar-refractivity contribution in [1.82, 2.24) is 0 Å². The van der Waals surface area contributed by atoms with Gasteiger partial charge in [-0.1, -0.05) is 36.4 Å². The molecule has 0 bridgehead atoms. The first-order chi connectivity index (χ1) is 7.84. The fourth-order valence-corrected chi connectivity index (χ4v) is 1.95. The van der Waals surface area contributed by atoms with Gasteiger partial charge in [-0.05, 0) is 28.5 Å². The van der Waals surface area contributed by atoms with E-state index in [1.165, 1.54) is 5.39 Å². The van der Waals surface area contributed by atoms with Gasteiger partial charge in [-0.25, -0.2) is 4.79 Å². The van der Waals surface area contributed by atoms with Crippen molar-refractivity contribution in [2.75, 3.05) is 6.61 Å². The van der Waals surface area contributed by atoms with Gasteiger partial charge in [-0.15, -0.1) is 0 Å². The first-order valence-electron chi connectivity index (χ1n) is 5.21. The lowest BCUT2D eigenvalue weighted by molar-refractivity contribution is -0.133. The molecule has 1 aliphatic rings. The van der Waals surface area contributed by atoms with Crippen molar-refractivity contribution >= 4 is 22.3 Å². The predicted molar refractivity (Wildman–Crippen MR) is 62.9 cm³/mol. The molecule has 0 spiro atoms. The highest BCUT2D eigenvalue weighted by Crippen LogP contribution is 2.24. The zero-order valence-electron chi connectivity index (χ0n) is 8.64. The molecule has 16 heavy (non-hydrogen) atoms. The fourth-order valence-electron chi connectivity index (χ4n) is 1.95. The highest BCUT2D eigenvalue weighted by Gasteiger charge is 2.18. The summed E-state index contributed by atoms with van der Waals surface area (Å²) in [6.07, 6.45) is 1.83. The normalized spacial score (nSPS) is 15.0. The van der Waals surface area contributed by atoms with Crippen molar-refractivity contribution in [3.8, 4) is 0 Å². The van der Waals surface area contributed by atoms with Crippen molar-refractivity contribution < 1.29 is 9.53 Å². The number of fused-ring (bicyclic) bond motifs is 1. The van der Waals surface area contributed by atoms with Gasteiger partial charge in [0.15, 0.2) is 0 Å². The maximum atomic E-state index is 11.4. The molecule has 0 radical (unpaired) electrons. The average molecular weight is 210 g/mol. The highest BCUT2D eigenvalue weighted by molar-refractivity contribution is 6.18. The Kier molecular flexibility index (Phi) is 2.00. The summed E-state index contributed by atoms with van der Waals surface area (Å²) in [5.41, 5.74) is 1.60. The van der Waals surface area contributed by atoms with Crippen LogP contribution in [0.2, 0.25) is 0 Å². The minimum absolute atomic E-state index is 0.227. The van der Waals surface area contributed by atoms with Gasteiger partial charge >= 0.3 is 5.97 Å². The van der Waals surface area contributed by atoms with Crippen LogP contribution in [-0.4, -0.2) is 12.6 Å². The third kappa shape index (κ3) is 1.39. The number of carbonyl (C=O) groups is 1. The summed E-state index contributed by atoms with van der Waals surface area (Å²) in [6, 6.07) is 14.1. The minimum atomic E-state index is -0.227. The number of esters is 1. The fraction of sp³-hybridized carbons (Fsp3) is 0.0714. The van der Waals surface area contributed by atoms with Crippen LogP contribution in [0.5, 0.6) is 0 Å². The second-order valence-corrected chi connectivity index (χ2v) is 3.78. The Morgan fingerprint density at radius 1 is 1.00 bits per heavy atom. The van der Waals surface area contributed by atoms with Crippen LogP contribution in [0.4, 0.5) is 0 Å². The van der Waals surface area contributed by atoms with Crippen molar-refractivity contribution in [2.24, 2.45) is 0 Å². The Morgan fingerprint density at radius 2 is 1.81 bits per heavy atom. The number of rotatable bonds is 1. The van der Waals surface area contributed by atoms with Gasteiger partial charge in [-0.2, -0.15) is 0 Å². The van der Waals surface area contributed by atoms with Crippen LogP contribution in [0, 0.1) is 0 Å². The van der Waals surface area contributed by atoms with E-state index >= 15 is 0 Å². The molecule has 2 nitrogen and oxygen atoms in total. The van der Waals surface area contributed by atoms with Gasteiger partial charge in [0.25, 0.3) is 0 Å². The quantitative estimate of drug-likeness (QED) is 0.676. The molecule has 0 amide bonds. The lowest BCUT2D eigenvalue weighted by Gasteiger charge is -2.02. The Hall–Kier alpha value is -2.09. The SMILES string of the molecule is O=C1OCC=C1c1ccc2ccccc2c1. The Bertz CT molecular complexity index is 596. The number of hydrogen-bond donors (Lipinski definition) is 0. The molecule has 0 unspecified atom stereocenters. The minimum Gasteiger partial charge on any atom is -0.458 e. The molecule has 0 aliphatic carbocycles. The standard InChI is InChI=1S/C14H10O2/c15-14-13(7-8-16-14)12-6-5-10-3-1-2-4-11(10)9-12/h1-7,9H,8H2. The number of hydrogen-bond acceptors (Lipinski definition) is 2. The van der Waals surface area contributed by atoms with Crippen LogP contribution in [-0.2, 0) is 9.53 Å². The molecule has 0 atom stereocenters. The van der Waals surface area contributed by atoms with Gasteiger partial charge in [-0.3, -0.25) is 0 Å². The molecular weight excluding hydrogens is 200 g/mol. The maximum absolute atomic E-state index is 11.4. The zero-order valence-corrected chi connectivity index (χ0v) is 8.64. The second-order valence-electron chi connectivity index (χ2n) is 3.78. The molecule has 2 heteroatoms. The van der Waals surface area contributed by atoms with E-state index in [1.807, 2.05) is 42.5 Å². The topological polar surface area (TPSA) is 26.3 Å². The first kappa shape index (κ1) is 9.16. The maximum Gasteiger partial charge on any atom is 0.338 e. The van der Waals surface area contributed by atoms with E-state index in [9.17, 15) is 4.79 Å². The Labute approximate surface area is 93.2 Å². The molecule has 2 aromatic carbocycles. The van der Waals surface area contributed by atoms with Gasteiger partial charge in [0.05, 0.1) is 5.57 Å². The Morgan fingerprint density at radius 3 is 2.56 bits per heavy atom. The summed E-state index contributed by atoms with van der Waals surface area (Å²) in [6.45, 7) is 0.390. The largest absolute Gasteiger partial charge is 0.458 e. The van der Waals surface area contributed by atoms with Crippen LogP contribution in [0.3, 0.4) is 0 Å². The monoisotopic (exact) mass is 210 g/mol. The molecule has 3 rings (SSSR count). The first-order valence-corrected chi connectivity index (χ1v) is 5.21. The summed E-state index contributed by atoms with van der Waals surface area (Å²) in [5.74, 6) is -0.227. The van der Waals surface area contributed by atoms with Crippen LogP contribution >= 0.6 is 0 Å². The average Bonchev–Trinajstić information content (AvgIpc) is 2.75. The summed E-state index contributed by atoms with van der Waals surface area (Å²) in [4.78, 5) is 11.4. The third-order valence-electron chi connectivity index (χ3n) is 2.78. The van der Waals surface area contributed by atoms with E-state index in [0.717, 1.165) is 10.9 Å². The Balaban J connectivity index is 2.15. The number of cyclic esters (lactones) is 1. The summed E-state index contributed by atoms with van der Waals surface area (Å²) < 4.78 is 4.90. The molecular formula is C14H10O2. The van der Waals surface area contributed by atoms with E-state index in [4.69, 9.17) is 4.74 Å². The van der Waals surface area contributed by atoms with Crippen LogP contribution in [0.25, 0.3) is 16.3 Å². The van der Waals surface area contributed by atoms with E-state index < -0.39 is 0 Å². The summed E-state index contributed by atoms with van der Waals surface area (Å²) in [5, 5.41) is 2.32. The van der Waals surface area contributed by atoms with Crippen molar-refractivity contribution in [3.63, 3.8) is 0 Å². The van der Waals surface area contributed by atoms with Gasteiger partial charge < -0.3 is 4.74 Å². The van der Waals surface area contributed by atoms with Crippen LogP contribution in [0.15, 0.2) is 48.5 Å². The number of carbonyl (C=O) groups excluding carboxylic acids is 1. The third-order valence-corrected chi connectivity index (χ3v) is 2.78. The van der Waals surface area contributed by atoms with Crippen LogP contribution in [0.1, 0.15) is 5.56 Å². The van der Waals surface area contributed by atoms with Crippen molar-refractivity contribution in [2.45, 2.75) is 0 Å². The van der Waals surface area contributed by atoms with Gasteiger partial charge in [0.2, 0.25) is 0 Å². The molecule has 0 fully saturated rings.